The van der Waals surface area contributed by atoms with Crippen LogP contribution >= 0.6 is 23.2 Å². The highest BCUT2D eigenvalue weighted by Gasteiger charge is 2.13. The Morgan fingerprint density at radius 1 is 1.09 bits per heavy atom. The zero-order valence-corrected chi connectivity index (χ0v) is 14.4. The van der Waals surface area contributed by atoms with Crippen molar-refractivity contribution in [3.63, 3.8) is 0 Å². The molecule has 0 saturated carbocycles. The molecule has 116 valence electrons. The first-order chi connectivity index (χ1) is 10.4. The van der Waals surface area contributed by atoms with E-state index in [9.17, 15) is 4.79 Å². The number of hydrogen-bond donors (Lipinski definition) is 1. The van der Waals surface area contributed by atoms with Gasteiger partial charge in [0.05, 0.1) is 12.5 Å². The van der Waals surface area contributed by atoms with E-state index in [0.717, 1.165) is 11.1 Å². The summed E-state index contributed by atoms with van der Waals surface area (Å²) in [4.78, 5) is 12.2. The Balaban J connectivity index is 2.03. The predicted octanol–water partition coefficient (Wildman–Crippen LogP) is 5.03. The molecule has 0 heterocycles. The fraction of sp³-hybridized carbons (Fsp3) is 0.278. The molecule has 0 aliphatic heterocycles. The van der Waals surface area contributed by atoms with Crippen molar-refractivity contribution in [1.29, 1.82) is 0 Å². The number of carbonyl (C=O) groups is 1. The second-order valence-electron chi connectivity index (χ2n) is 5.55. The topological polar surface area (TPSA) is 29.1 Å². The van der Waals surface area contributed by atoms with Gasteiger partial charge in [0.25, 0.3) is 0 Å². The SMILES string of the molecule is Cc1ccc(CC(=O)N[C@H](C)c2ccc(Cl)cc2Cl)cc1C. The number of hydrogen-bond acceptors (Lipinski definition) is 1. The lowest BCUT2D eigenvalue weighted by Gasteiger charge is -2.16. The minimum absolute atomic E-state index is 0.0261. The van der Waals surface area contributed by atoms with Crippen LogP contribution in [0, 0.1) is 13.8 Å². The van der Waals surface area contributed by atoms with Crippen molar-refractivity contribution >= 4 is 29.1 Å². The first kappa shape index (κ1) is 16.9. The summed E-state index contributed by atoms with van der Waals surface area (Å²) in [5, 5.41) is 4.12. The summed E-state index contributed by atoms with van der Waals surface area (Å²) < 4.78 is 0. The molecule has 0 aromatic heterocycles. The van der Waals surface area contributed by atoms with Crippen LogP contribution in [-0.2, 0) is 11.2 Å². The van der Waals surface area contributed by atoms with Gasteiger partial charge in [-0.05, 0) is 55.2 Å². The van der Waals surface area contributed by atoms with E-state index in [1.165, 1.54) is 11.1 Å². The molecule has 0 bridgehead atoms. The van der Waals surface area contributed by atoms with E-state index in [1.54, 1.807) is 12.1 Å². The van der Waals surface area contributed by atoms with E-state index in [4.69, 9.17) is 23.2 Å². The summed E-state index contributed by atoms with van der Waals surface area (Å²) >= 11 is 12.1. The number of amides is 1. The number of carbonyl (C=O) groups excluding carboxylic acids is 1. The molecule has 0 unspecified atom stereocenters. The molecule has 1 atom stereocenters. The maximum absolute atomic E-state index is 12.2. The number of benzene rings is 2. The molecule has 0 fully saturated rings. The Morgan fingerprint density at radius 3 is 2.45 bits per heavy atom. The number of aryl methyl sites for hydroxylation is 2. The van der Waals surface area contributed by atoms with Crippen molar-refractivity contribution in [1.82, 2.24) is 5.32 Å². The zero-order chi connectivity index (χ0) is 16.3. The van der Waals surface area contributed by atoms with Gasteiger partial charge in [0.1, 0.15) is 0 Å². The highest BCUT2D eigenvalue weighted by molar-refractivity contribution is 6.35. The van der Waals surface area contributed by atoms with Crippen LogP contribution in [0.25, 0.3) is 0 Å². The van der Waals surface area contributed by atoms with Gasteiger partial charge in [-0.25, -0.2) is 0 Å². The number of nitrogens with one attached hydrogen (secondary N) is 1. The van der Waals surface area contributed by atoms with Gasteiger partial charge in [-0.15, -0.1) is 0 Å². The van der Waals surface area contributed by atoms with Gasteiger partial charge in [0.2, 0.25) is 5.91 Å². The third kappa shape index (κ3) is 4.25. The van der Waals surface area contributed by atoms with Crippen LogP contribution in [0.3, 0.4) is 0 Å². The summed E-state index contributed by atoms with van der Waals surface area (Å²) in [6.07, 6.45) is 0.358. The summed E-state index contributed by atoms with van der Waals surface area (Å²) in [5.41, 5.74) is 4.29. The van der Waals surface area contributed by atoms with Gasteiger partial charge in [-0.2, -0.15) is 0 Å². The summed E-state index contributed by atoms with van der Waals surface area (Å²) in [6.45, 7) is 6.02. The standard InChI is InChI=1S/C18H19Cl2NO/c1-11-4-5-14(8-12(11)2)9-18(22)21-13(3)16-7-6-15(19)10-17(16)20/h4-8,10,13H,9H2,1-3H3,(H,21,22)/t13-/m1/s1. The van der Waals surface area contributed by atoms with E-state index in [0.29, 0.717) is 16.5 Å². The van der Waals surface area contributed by atoms with E-state index >= 15 is 0 Å². The summed E-state index contributed by atoms with van der Waals surface area (Å²) in [6, 6.07) is 11.2. The Kier molecular flexibility index (Phi) is 5.49. The Labute approximate surface area is 141 Å². The molecule has 0 aliphatic rings. The number of halogens is 2. The molecule has 1 amide bonds. The zero-order valence-electron chi connectivity index (χ0n) is 12.9. The highest BCUT2D eigenvalue weighted by atomic mass is 35.5. The minimum Gasteiger partial charge on any atom is -0.349 e. The van der Waals surface area contributed by atoms with Crippen molar-refractivity contribution in [2.24, 2.45) is 0 Å². The van der Waals surface area contributed by atoms with Gasteiger partial charge in [-0.1, -0.05) is 47.5 Å². The Morgan fingerprint density at radius 2 is 1.82 bits per heavy atom. The van der Waals surface area contributed by atoms with Crippen LogP contribution in [0.15, 0.2) is 36.4 Å². The van der Waals surface area contributed by atoms with Gasteiger partial charge in [-0.3, -0.25) is 4.79 Å². The predicted molar refractivity (Wildman–Crippen MR) is 92.6 cm³/mol. The summed E-state index contributed by atoms with van der Waals surface area (Å²) in [7, 11) is 0. The monoisotopic (exact) mass is 335 g/mol. The van der Waals surface area contributed by atoms with Gasteiger partial charge in [0, 0.05) is 10.0 Å². The quantitative estimate of drug-likeness (QED) is 0.833. The second-order valence-corrected chi connectivity index (χ2v) is 6.39. The van der Waals surface area contributed by atoms with Crippen molar-refractivity contribution in [3.8, 4) is 0 Å². The van der Waals surface area contributed by atoms with E-state index in [2.05, 4.69) is 18.3 Å². The van der Waals surface area contributed by atoms with Crippen LogP contribution in [0.5, 0.6) is 0 Å². The van der Waals surface area contributed by atoms with Crippen LogP contribution in [-0.4, -0.2) is 5.91 Å². The van der Waals surface area contributed by atoms with E-state index in [1.807, 2.05) is 32.0 Å². The lowest BCUT2D eigenvalue weighted by atomic mass is 10.0. The van der Waals surface area contributed by atoms with Gasteiger partial charge >= 0.3 is 0 Å². The van der Waals surface area contributed by atoms with E-state index < -0.39 is 0 Å². The van der Waals surface area contributed by atoms with Crippen LogP contribution in [0.2, 0.25) is 10.0 Å². The fourth-order valence-electron chi connectivity index (χ4n) is 2.32. The summed E-state index contributed by atoms with van der Waals surface area (Å²) in [5.74, 6) is -0.0261. The molecule has 0 radical (unpaired) electrons. The molecule has 2 rings (SSSR count). The molecule has 4 heteroatoms. The lowest BCUT2D eigenvalue weighted by Crippen LogP contribution is -2.28. The average Bonchev–Trinajstić information content (AvgIpc) is 2.42. The Bertz CT molecular complexity index is 697. The molecule has 2 aromatic rings. The molecule has 0 saturated heterocycles. The minimum atomic E-state index is -0.163. The maximum Gasteiger partial charge on any atom is 0.224 e. The Hall–Kier alpha value is -1.51. The molecule has 0 aliphatic carbocycles. The first-order valence-electron chi connectivity index (χ1n) is 7.17. The van der Waals surface area contributed by atoms with Crippen molar-refractivity contribution in [2.45, 2.75) is 33.2 Å². The molecular formula is C18H19Cl2NO. The lowest BCUT2D eigenvalue weighted by molar-refractivity contribution is -0.121. The number of rotatable bonds is 4. The van der Waals surface area contributed by atoms with Crippen LogP contribution in [0.1, 0.15) is 35.2 Å². The van der Waals surface area contributed by atoms with E-state index in [-0.39, 0.29) is 11.9 Å². The molecule has 0 spiro atoms. The van der Waals surface area contributed by atoms with Crippen LogP contribution in [0.4, 0.5) is 0 Å². The second kappa shape index (κ2) is 7.17. The van der Waals surface area contributed by atoms with Gasteiger partial charge in [0.15, 0.2) is 0 Å². The van der Waals surface area contributed by atoms with Crippen molar-refractivity contribution in [2.75, 3.05) is 0 Å². The highest BCUT2D eigenvalue weighted by Crippen LogP contribution is 2.26. The molecule has 2 aromatic carbocycles. The molecule has 22 heavy (non-hydrogen) atoms. The maximum atomic E-state index is 12.2. The third-order valence-electron chi connectivity index (χ3n) is 3.74. The largest absolute Gasteiger partial charge is 0.349 e. The van der Waals surface area contributed by atoms with Crippen molar-refractivity contribution in [3.05, 3.63) is 68.7 Å². The molecule has 2 nitrogen and oxygen atoms in total. The fourth-order valence-corrected chi connectivity index (χ4v) is 2.89. The first-order valence-corrected chi connectivity index (χ1v) is 7.93. The van der Waals surface area contributed by atoms with Crippen molar-refractivity contribution < 1.29 is 4.79 Å². The normalized spacial score (nSPS) is 12.0. The van der Waals surface area contributed by atoms with Gasteiger partial charge < -0.3 is 5.32 Å². The average molecular weight is 336 g/mol. The molecular weight excluding hydrogens is 317 g/mol. The van der Waals surface area contributed by atoms with Crippen LogP contribution < -0.4 is 5.32 Å². The smallest absolute Gasteiger partial charge is 0.224 e. The third-order valence-corrected chi connectivity index (χ3v) is 4.30. The molecule has 1 N–H and O–H groups in total.